The van der Waals surface area contributed by atoms with E-state index in [0.29, 0.717) is 0 Å². The van der Waals surface area contributed by atoms with Crippen molar-refractivity contribution >= 4 is 23.5 Å². The Morgan fingerprint density at radius 1 is 1.47 bits per heavy atom. The number of carboxylic acids is 1. The zero-order valence-corrected chi connectivity index (χ0v) is 10.00. The third-order valence-corrected chi connectivity index (χ3v) is 2.29. The van der Waals surface area contributed by atoms with Gasteiger partial charge in [-0.05, 0) is 12.1 Å². The van der Waals surface area contributed by atoms with Crippen LogP contribution in [0.1, 0.15) is 5.69 Å². The van der Waals surface area contributed by atoms with Crippen molar-refractivity contribution in [1.29, 1.82) is 0 Å². The van der Waals surface area contributed by atoms with Crippen LogP contribution in [0.2, 0.25) is 5.02 Å². The van der Waals surface area contributed by atoms with Crippen molar-refractivity contribution in [2.75, 3.05) is 0 Å². The molecule has 1 heterocycles. The van der Waals surface area contributed by atoms with E-state index >= 15 is 0 Å². The lowest BCUT2D eigenvalue weighted by Gasteiger charge is -2.15. The normalized spacial score (nSPS) is 12.8. The fourth-order valence-electron chi connectivity index (χ4n) is 1.21. The number of carbonyl (C=O) groups excluding carboxylic acids is 1. The monoisotopic (exact) mass is 296 g/mol. The number of rotatable bonds is 4. The van der Waals surface area contributed by atoms with Crippen molar-refractivity contribution in [2.24, 2.45) is 0 Å². The summed E-state index contributed by atoms with van der Waals surface area (Å²) in [6, 6.07) is 0.993. The molecule has 0 aliphatic rings. The topological polar surface area (TPSA) is 79.3 Å². The first kappa shape index (κ1) is 15.2. The Hall–Kier alpha value is -1.83. The van der Waals surface area contributed by atoms with E-state index < -0.39 is 30.5 Å². The molecule has 5 nitrogen and oxygen atoms in total. The number of halogens is 4. The highest BCUT2D eigenvalue weighted by molar-refractivity contribution is 6.30. The molecule has 0 spiro atoms. The number of hydrogen-bond acceptors (Lipinski definition) is 3. The molecule has 0 aromatic carbocycles. The molecule has 1 atom stereocenters. The van der Waals surface area contributed by atoms with Gasteiger partial charge < -0.3 is 10.4 Å². The van der Waals surface area contributed by atoms with Crippen LogP contribution in [0.5, 0.6) is 0 Å². The molecule has 1 aromatic heterocycles. The Kier molecular flexibility index (Phi) is 4.71. The number of amides is 1. The molecular weight excluding hydrogens is 289 g/mol. The molecule has 104 valence electrons. The fourth-order valence-corrected chi connectivity index (χ4v) is 1.39. The number of nitrogens with one attached hydrogen (secondary N) is 1. The minimum Gasteiger partial charge on any atom is -0.480 e. The fraction of sp³-hybridized carbons (Fsp3) is 0.300. The van der Waals surface area contributed by atoms with Crippen LogP contribution in [0, 0.1) is 0 Å². The number of pyridine rings is 1. The highest BCUT2D eigenvalue weighted by atomic mass is 35.5. The second-order valence-electron chi connectivity index (χ2n) is 3.53. The van der Waals surface area contributed by atoms with Crippen LogP contribution < -0.4 is 5.32 Å². The molecule has 1 amide bonds. The predicted molar refractivity (Wildman–Crippen MR) is 58.6 cm³/mol. The summed E-state index contributed by atoms with van der Waals surface area (Å²) in [5.41, 5.74) is 0.155. The summed E-state index contributed by atoms with van der Waals surface area (Å²) >= 11 is 5.63. The highest BCUT2D eigenvalue weighted by Crippen LogP contribution is 2.15. The summed E-state index contributed by atoms with van der Waals surface area (Å²) in [5.74, 6) is -3.92. The largest absolute Gasteiger partial charge is 0.480 e. The predicted octanol–water partition coefficient (Wildman–Crippen LogP) is 1.41. The maximum Gasteiger partial charge on any atom is 0.471 e. The first-order chi connectivity index (χ1) is 8.70. The van der Waals surface area contributed by atoms with Crippen LogP contribution in [0.3, 0.4) is 0 Å². The van der Waals surface area contributed by atoms with Crippen LogP contribution in [-0.2, 0) is 16.0 Å². The maximum absolute atomic E-state index is 12.0. The van der Waals surface area contributed by atoms with E-state index in [1.165, 1.54) is 23.6 Å². The van der Waals surface area contributed by atoms with Gasteiger partial charge in [-0.2, -0.15) is 13.2 Å². The average Bonchev–Trinajstić information content (AvgIpc) is 2.26. The zero-order chi connectivity index (χ0) is 14.6. The zero-order valence-electron chi connectivity index (χ0n) is 9.24. The molecule has 0 aliphatic heterocycles. The van der Waals surface area contributed by atoms with E-state index in [-0.39, 0.29) is 10.7 Å². The Balaban J connectivity index is 2.80. The molecule has 0 bridgehead atoms. The Morgan fingerprint density at radius 3 is 2.58 bits per heavy atom. The second kappa shape index (κ2) is 5.87. The van der Waals surface area contributed by atoms with E-state index in [4.69, 9.17) is 16.7 Å². The summed E-state index contributed by atoms with van der Waals surface area (Å²) in [4.78, 5) is 25.2. The van der Waals surface area contributed by atoms with Gasteiger partial charge in [0.05, 0.1) is 0 Å². The van der Waals surface area contributed by atoms with E-state index in [0.717, 1.165) is 0 Å². The average molecular weight is 297 g/mol. The molecule has 0 radical (unpaired) electrons. The van der Waals surface area contributed by atoms with Crippen molar-refractivity contribution in [3.63, 3.8) is 0 Å². The van der Waals surface area contributed by atoms with Crippen LogP contribution in [-0.4, -0.2) is 34.2 Å². The van der Waals surface area contributed by atoms with Crippen molar-refractivity contribution in [3.8, 4) is 0 Å². The molecule has 1 rings (SSSR count). The van der Waals surface area contributed by atoms with Gasteiger partial charge in [0.2, 0.25) is 0 Å². The lowest BCUT2D eigenvalue weighted by molar-refractivity contribution is -0.175. The lowest BCUT2D eigenvalue weighted by Crippen LogP contribution is -2.48. The summed E-state index contributed by atoms with van der Waals surface area (Å²) in [5, 5.41) is 10.4. The minimum atomic E-state index is -5.14. The van der Waals surface area contributed by atoms with Crippen LogP contribution in [0.4, 0.5) is 13.2 Å². The highest BCUT2D eigenvalue weighted by Gasteiger charge is 2.40. The first-order valence-corrected chi connectivity index (χ1v) is 5.29. The van der Waals surface area contributed by atoms with Crippen LogP contribution >= 0.6 is 11.6 Å². The van der Waals surface area contributed by atoms with Gasteiger partial charge in [0.25, 0.3) is 0 Å². The molecule has 19 heavy (non-hydrogen) atoms. The van der Waals surface area contributed by atoms with Gasteiger partial charge in [-0.25, -0.2) is 4.79 Å². The summed E-state index contributed by atoms with van der Waals surface area (Å²) in [6.45, 7) is 0. The van der Waals surface area contributed by atoms with Gasteiger partial charge >= 0.3 is 18.1 Å². The molecule has 1 unspecified atom stereocenters. The van der Waals surface area contributed by atoms with Crippen LogP contribution in [0.25, 0.3) is 0 Å². The number of carbonyl (C=O) groups is 2. The van der Waals surface area contributed by atoms with E-state index in [2.05, 4.69) is 4.98 Å². The Morgan fingerprint density at radius 2 is 2.11 bits per heavy atom. The lowest BCUT2D eigenvalue weighted by atomic mass is 10.1. The van der Waals surface area contributed by atoms with Gasteiger partial charge in [-0.3, -0.25) is 9.78 Å². The van der Waals surface area contributed by atoms with E-state index in [9.17, 15) is 22.8 Å². The molecule has 0 saturated carbocycles. The van der Waals surface area contributed by atoms with E-state index in [1.54, 1.807) is 0 Å². The maximum atomic E-state index is 12.0. The second-order valence-corrected chi connectivity index (χ2v) is 3.97. The minimum absolute atomic E-state index is 0.155. The van der Waals surface area contributed by atoms with Gasteiger partial charge in [-0.1, -0.05) is 11.6 Å². The quantitative estimate of drug-likeness (QED) is 0.880. The van der Waals surface area contributed by atoms with Gasteiger partial charge in [0.15, 0.2) is 0 Å². The molecule has 1 aromatic rings. The summed E-state index contributed by atoms with van der Waals surface area (Å²) in [7, 11) is 0. The standard InChI is InChI=1S/C10H8ClF3N2O3/c11-5-1-2-15-6(3-5)4-7(8(17)18)16-9(19)10(12,13)14/h1-3,7H,4H2,(H,16,19)(H,17,18). The number of aliphatic carboxylic acids is 1. The Bertz CT molecular complexity index is 493. The van der Waals surface area contributed by atoms with Crippen molar-refractivity contribution < 1.29 is 27.9 Å². The number of carboxylic acid groups (broad SMARTS) is 1. The number of nitrogens with zero attached hydrogens (tertiary/aromatic N) is 1. The summed E-state index contributed by atoms with van der Waals surface area (Å²) in [6.07, 6.45) is -4.27. The van der Waals surface area contributed by atoms with Crippen molar-refractivity contribution in [2.45, 2.75) is 18.6 Å². The molecular formula is C10H8ClF3N2O3. The number of hydrogen-bond donors (Lipinski definition) is 2. The molecule has 0 fully saturated rings. The third-order valence-electron chi connectivity index (χ3n) is 2.05. The third kappa shape index (κ3) is 4.74. The van der Waals surface area contributed by atoms with Crippen LogP contribution in [0.15, 0.2) is 18.3 Å². The number of aromatic nitrogens is 1. The van der Waals surface area contributed by atoms with Crippen molar-refractivity contribution in [1.82, 2.24) is 10.3 Å². The molecule has 2 N–H and O–H groups in total. The summed E-state index contributed by atoms with van der Waals surface area (Å²) < 4.78 is 36.1. The van der Waals surface area contributed by atoms with Gasteiger partial charge in [0.1, 0.15) is 6.04 Å². The first-order valence-electron chi connectivity index (χ1n) is 4.91. The SMILES string of the molecule is O=C(O)C(Cc1cc(Cl)ccn1)NC(=O)C(F)(F)F. The Labute approximate surface area is 110 Å². The van der Waals surface area contributed by atoms with Gasteiger partial charge in [-0.15, -0.1) is 0 Å². The van der Waals surface area contributed by atoms with Crippen molar-refractivity contribution in [3.05, 3.63) is 29.0 Å². The van der Waals surface area contributed by atoms with Gasteiger partial charge in [0, 0.05) is 23.3 Å². The molecule has 0 aliphatic carbocycles. The molecule has 9 heteroatoms. The van der Waals surface area contributed by atoms with E-state index in [1.807, 2.05) is 0 Å². The number of alkyl halides is 3. The smallest absolute Gasteiger partial charge is 0.471 e. The molecule has 0 saturated heterocycles.